The van der Waals surface area contributed by atoms with Crippen LogP contribution < -0.4 is 5.32 Å². The highest BCUT2D eigenvalue weighted by molar-refractivity contribution is 4.92. The van der Waals surface area contributed by atoms with Gasteiger partial charge < -0.3 is 10.1 Å². The minimum Gasteiger partial charge on any atom is -0.377 e. The first-order valence-corrected chi connectivity index (χ1v) is 5.05. The average Bonchev–Trinajstić information content (AvgIpc) is 1.99. The van der Waals surface area contributed by atoms with Crippen LogP contribution in [-0.2, 0) is 4.74 Å². The van der Waals surface area contributed by atoms with Crippen molar-refractivity contribution in [3.05, 3.63) is 12.2 Å². The van der Waals surface area contributed by atoms with Crippen LogP contribution in [0.25, 0.3) is 0 Å². The molecule has 2 nitrogen and oxygen atoms in total. The van der Waals surface area contributed by atoms with Crippen molar-refractivity contribution in [3.8, 4) is 0 Å². The van der Waals surface area contributed by atoms with Crippen LogP contribution in [0, 0.1) is 0 Å². The molecule has 2 heteroatoms. The van der Waals surface area contributed by atoms with E-state index in [4.69, 9.17) is 4.74 Å². The fraction of sp³-hybridized carbons (Fsp3) is 0.818. The van der Waals surface area contributed by atoms with Crippen molar-refractivity contribution < 1.29 is 4.74 Å². The van der Waals surface area contributed by atoms with Gasteiger partial charge in [0, 0.05) is 6.04 Å². The van der Waals surface area contributed by atoms with Crippen LogP contribution in [0.3, 0.4) is 0 Å². The number of nitrogens with one attached hydrogen (secondary N) is 1. The predicted molar refractivity (Wildman–Crippen MR) is 58.0 cm³/mol. The zero-order chi connectivity index (χ0) is 10.3. The fourth-order valence-electron chi connectivity index (χ4n) is 1.21. The Morgan fingerprint density at radius 3 is 2.46 bits per heavy atom. The summed E-state index contributed by atoms with van der Waals surface area (Å²) in [5, 5.41) is 3.38. The first-order valence-electron chi connectivity index (χ1n) is 5.05. The highest BCUT2D eigenvalue weighted by Crippen LogP contribution is 2.03. The molecule has 0 aliphatic rings. The lowest BCUT2D eigenvalue weighted by Crippen LogP contribution is -2.34. The van der Waals surface area contributed by atoms with E-state index >= 15 is 0 Å². The lowest BCUT2D eigenvalue weighted by Gasteiger charge is -2.19. The largest absolute Gasteiger partial charge is 0.377 e. The second-order valence-corrected chi connectivity index (χ2v) is 3.80. The molecule has 0 bridgehead atoms. The minimum absolute atomic E-state index is 0.311. The Labute approximate surface area is 82.4 Å². The lowest BCUT2D eigenvalue weighted by atomic mass is 10.1. The maximum atomic E-state index is 5.55. The van der Waals surface area contributed by atoms with Crippen LogP contribution in [0.1, 0.15) is 34.1 Å². The second kappa shape index (κ2) is 7.10. The van der Waals surface area contributed by atoms with E-state index in [2.05, 4.69) is 39.6 Å². The molecule has 0 aromatic heterocycles. The van der Waals surface area contributed by atoms with Gasteiger partial charge in [0.05, 0.1) is 12.7 Å². The van der Waals surface area contributed by atoms with Crippen LogP contribution in [0.4, 0.5) is 0 Å². The predicted octanol–water partition coefficient (Wildman–Crippen LogP) is 2.36. The first kappa shape index (κ1) is 12.7. The van der Waals surface area contributed by atoms with Crippen LogP contribution in [-0.4, -0.2) is 25.3 Å². The molecular weight excluding hydrogens is 162 g/mol. The Balaban J connectivity index is 3.72. The first-order chi connectivity index (χ1) is 6.06. The third kappa shape index (κ3) is 8.00. The topological polar surface area (TPSA) is 21.3 Å². The third-order valence-corrected chi connectivity index (χ3v) is 1.72. The summed E-state index contributed by atoms with van der Waals surface area (Å²) >= 11 is 0. The molecule has 0 aliphatic heterocycles. The molecule has 78 valence electrons. The quantitative estimate of drug-likeness (QED) is 0.615. The number of rotatable bonds is 7. The van der Waals surface area contributed by atoms with Gasteiger partial charge in [0.15, 0.2) is 0 Å². The summed E-state index contributed by atoms with van der Waals surface area (Å²) < 4.78 is 5.55. The monoisotopic (exact) mass is 185 g/mol. The smallest absolute Gasteiger partial charge is 0.0626 e. The van der Waals surface area contributed by atoms with Gasteiger partial charge in [-0.05, 0) is 33.7 Å². The average molecular weight is 185 g/mol. The minimum atomic E-state index is 0.311. The van der Waals surface area contributed by atoms with Crippen molar-refractivity contribution in [2.24, 2.45) is 0 Å². The highest BCUT2D eigenvalue weighted by Gasteiger charge is 2.07. The van der Waals surface area contributed by atoms with Crippen LogP contribution >= 0.6 is 0 Å². The van der Waals surface area contributed by atoms with Crippen molar-refractivity contribution in [1.82, 2.24) is 5.32 Å². The van der Waals surface area contributed by atoms with E-state index in [0.29, 0.717) is 12.1 Å². The summed E-state index contributed by atoms with van der Waals surface area (Å²) in [6, 6.07) is 0.421. The molecule has 1 unspecified atom stereocenters. The highest BCUT2D eigenvalue weighted by atomic mass is 16.5. The van der Waals surface area contributed by atoms with Gasteiger partial charge in [-0.25, -0.2) is 0 Å². The van der Waals surface area contributed by atoms with Crippen molar-refractivity contribution in [2.75, 3.05) is 13.2 Å². The molecule has 1 atom stereocenters. The van der Waals surface area contributed by atoms with Crippen molar-refractivity contribution in [3.63, 3.8) is 0 Å². The Bertz CT molecular complexity index is 143. The van der Waals surface area contributed by atoms with Gasteiger partial charge in [0.1, 0.15) is 0 Å². The number of likely N-dealkylation sites (N-methyl/N-ethyl adjacent to an activating group) is 1. The molecule has 1 N–H and O–H groups in total. The number of hydrogen-bond acceptors (Lipinski definition) is 2. The van der Waals surface area contributed by atoms with E-state index in [1.165, 1.54) is 5.57 Å². The van der Waals surface area contributed by atoms with Crippen LogP contribution in [0.5, 0.6) is 0 Å². The van der Waals surface area contributed by atoms with Gasteiger partial charge in [0.25, 0.3) is 0 Å². The number of hydrogen-bond donors (Lipinski definition) is 1. The SMILES string of the molecule is C=C(C)CC(COC(C)C)NCC. The Morgan fingerprint density at radius 2 is 2.08 bits per heavy atom. The maximum Gasteiger partial charge on any atom is 0.0626 e. The Kier molecular flexibility index (Phi) is 6.92. The third-order valence-electron chi connectivity index (χ3n) is 1.72. The van der Waals surface area contributed by atoms with Crippen molar-refractivity contribution >= 4 is 0 Å². The van der Waals surface area contributed by atoms with Gasteiger partial charge in [-0.3, -0.25) is 0 Å². The number of ether oxygens (including phenoxy) is 1. The van der Waals surface area contributed by atoms with E-state index in [9.17, 15) is 0 Å². The molecular formula is C11H23NO. The summed E-state index contributed by atoms with van der Waals surface area (Å²) in [5.74, 6) is 0. The Hall–Kier alpha value is -0.340. The van der Waals surface area contributed by atoms with E-state index < -0.39 is 0 Å². The summed E-state index contributed by atoms with van der Waals surface area (Å²) in [5.41, 5.74) is 1.21. The summed E-state index contributed by atoms with van der Waals surface area (Å²) in [6.45, 7) is 14.0. The maximum absolute atomic E-state index is 5.55. The van der Waals surface area contributed by atoms with Gasteiger partial charge in [0.2, 0.25) is 0 Å². The van der Waals surface area contributed by atoms with Crippen LogP contribution in [0.15, 0.2) is 12.2 Å². The summed E-state index contributed by atoms with van der Waals surface area (Å²) in [6.07, 6.45) is 1.31. The van der Waals surface area contributed by atoms with E-state index in [-0.39, 0.29) is 0 Å². The zero-order valence-electron chi connectivity index (χ0n) is 9.39. The van der Waals surface area contributed by atoms with E-state index in [1.54, 1.807) is 0 Å². The Morgan fingerprint density at radius 1 is 1.46 bits per heavy atom. The molecule has 0 amide bonds. The van der Waals surface area contributed by atoms with Gasteiger partial charge in [-0.2, -0.15) is 0 Å². The molecule has 13 heavy (non-hydrogen) atoms. The van der Waals surface area contributed by atoms with Gasteiger partial charge in [-0.15, -0.1) is 6.58 Å². The molecule has 0 aliphatic carbocycles. The van der Waals surface area contributed by atoms with E-state index in [0.717, 1.165) is 19.6 Å². The summed E-state index contributed by atoms with van der Waals surface area (Å²) in [4.78, 5) is 0. The molecule has 0 heterocycles. The second-order valence-electron chi connectivity index (χ2n) is 3.80. The van der Waals surface area contributed by atoms with Crippen molar-refractivity contribution in [2.45, 2.75) is 46.3 Å². The molecule has 0 aromatic rings. The molecule has 0 saturated carbocycles. The fourth-order valence-corrected chi connectivity index (χ4v) is 1.21. The molecule has 0 saturated heterocycles. The van der Waals surface area contributed by atoms with Gasteiger partial charge >= 0.3 is 0 Å². The molecule has 0 spiro atoms. The van der Waals surface area contributed by atoms with Crippen molar-refractivity contribution in [1.29, 1.82) is 0 Å². The normalized spacial score (nSPS) is 13.3. The van der Waals surface area contributed by atoms with E-state index in [1.807, 2.05) is 0 Å². The standard InChI is InChI=1S/C11H23NO/c1-6-12-11(7-9(2)3)8-13-10(4)5/h10-12H,2,6-8H2,1,3-5H3. The zero-order valence-corrected chi connectivity index (χ0v) is 9.39. The molecule has 0 fully saturated rings. The molecule has 0 rings (SSSR count). The van der Waals surface area contributed by atoms with Crippen LogP contribution in [0.2, 0.25) is 0 Å². The molecule has 0 radical (unpaired) electrons. The lowest BCUT2D eigenvalue weighted by molar-refractivity contribution is 0.0616. The van der Waals surface area contributed by atoms with Gasteiger partial charge in [-0.1, -0.05) is 12.5 Å². The molecule has 0 aromatic carbocycles. The summed E-state index contributed by atoms with van der Waals surface area (Å²) in [7, 11) is 0.